The minimum absolute atomic E-state index is 0.0825. The molecule has 1 aliphatic carbocycles. The summed E-state index contributed by atoms with van der Waals surface area (Å²) in [6.45, 7) is 1.16. The average Bonchev–Trinajstić information content (AvgIpc) is 2.97. The van der Waals surface area contributed by atoms with Gasteiger partial charge in [0.2, 0.25) is 5.91 Å². The molecule has 0 radical (unpaired) electrons. The van der Waals surface area contributed by atoms with Gasteiger partial charge in [0.15, 0.2) is 0 Å². The van der Waals surface area contributed by atoms with E-state index in [0.29, 0.717) is 12.6 Å². The maximum absolute atomic E-state index is 11.5. The SMILES string of the molecule is CN(C)C(=O)Cn1cnc(CNC2CC2)c1. The summed E-state index contributed by atoms with van der Waals surface area (Å²) in [7, 11) is 3.52. The van der Waals surface area contributed by atoms with Crippen LogP contribution in [-0.4, -0.2) is 40.5 Å². The van der Waals surface area contributed by atoms with Crippen molar-refractivity contribution in [2.24, 2.45) is 0 Å². The van der Waals surface area contributed by atoms with E-state index in [1.807, 2.05) is 10.8 Å². The van der Waals surface area contributed by atoms with Crippen molar-refractivity contribution < 1.29 is 4.79 Å². The first-order valence-electron chi connectivity index (χ1n) is 5.59. The minimum Gasteiger partial charge on any atom is -0.347 e. The molecule has 1 aromatic heterocycles. The molecule has 2 rings (SSSR count). The van der Waals surface area contributed by atoms with E-state index in [-0.39, 0.29) is 5.91 Å². The summed E-state index contributed by atoms with van der Waals surface area (Å²) in [5.74, 6) is 0.0825. The van der Waals surface area contributed by atoms with Gasteiger partial charge in [0.25, 0.3) is 0 Å². The van der Waals surface area contributed by atoms with Crippen LogP contribution in [0.4, 0.5) is 0 Å². The fourth-order valence-corrected chi connectivity index (χ4v) is 1.42. The van der Waals surface area contributed by atoms with Crippen LogP contribution in [0.15, 0.2) is 12.5 Å². The minimum atomic E-state index is 0.0825. The van der Waals surface area contributed by atoms with Gasteiger partial charge < -0.3 is 14.8 Å². The molecule has 1 heterocycles. The molecule has 1 aromatic rings. The Morgan fingerprint density at radius 1 is 1.62 bits per heavy atom. The van der Waals surface area contributed by atoms with Gasteiger partial charge in [-0.25, -0.2) is 4.98 Å². The molecule has 1 aliphatic rings. The van der Waals surface area contributed by atoms with Crippen molar-refractivity contribution in [3.63, 3.8) is 0 Å². The van der Waals surface area contributed by atoms with E-state index in [4.69, 9.17) is 0 Å². The number of carbonyl (C=O) groups is 1. The number of aromatic nitrogens is 2. The quantitative estimate of drug-likeness (QED) is 0.775. The molecule has 16 heavy (non-hydrogen) atoms. The molecule has 1 amide bonds. The lowest BCUT2D eigenvalue weighted by molar-refractivity contribution is -0.129. The van der Waals surface area contributed by atoms with Crippen molar-refractivity contribution >= 4 is 5.91 Å². The number of hydrogen-bond acceptors (Lipinski definition) is 3. The molecule has 1 saturated carbocycles. The highest BCUT2D eigenvalue weighted by atomic mass is 16.2. The molecule has 0 saturated heterocycles. The highest BCUT2D eigenvalue weighted by Crippen LogP contribution is 2.18. The zero-order chi connectivity index (χ0) is 11.5. The Morgan fingerprint density at radius 3 is 3.00 bits per heavy atom. The zero-order valence-electron chi connectivity index (χ0n) is 9.81. The molecule has 5 heteroatoms. The first kappa shape index (κ1) is 11.1. The van der Waals surface area contributed by atoms with E-state index in [1.165, 1.54) is 12.8 Å². The summed E-state index contributed by atoms with van der Waals surface area (Å²) in [5.41, 5.74) is 0.999. The molecule has 1 N–H and O–H groups in total. The standard InChI is InChI=1S/C11H18N4O/c1-14(2)11(16)7-15-6-10(13-8-15)5-12-9-3-4-9/h6,8-9,12H,3-5,7H2,1-2H3. The van der Waals surface area contributed by atoms with Gasteiger partial charge >= 0.3 is 0 Å². The Bertz CT molecular complexity index is 368. The number of amides is 1. The lowest BCUT2D eigenvalue weighted by Crippen LogP contribution is -2.25. The molecule has 0 atom stereocenters. The lowest BCUT2D eigenvalue weighted by atomic mass is 10.4. The van der Waals surface area contributed by atoms with Crippen molar-refractivity contribution in [2.75, 3.05) is 14.1 Å². The van der Waals surface area contributed by atoms with Gasteiger partial charge in [-0.05, 0) is 12.8 Å². The molecule has 5 nitrogen and oxygen atoms in total. The van der Waals surface area contributed by atoms with E-state index < -0.39 is 0 Å². The Kier molecular flexibility index (Phi) is 3.24. The normalized spacial score (nSPS) is 15.1. The molecular weight excluding hydrogens is 204 g/mol. The molecule has 0 aliphatic heterocycles. The maximum Gasteiger partial charge on any atom is 0.242 e. The van der Waals surface area contributed by atoms with E-state index in [1.54, 1.807) is 25.3 Å². The Labute approximate surface area is 95.5 Å². The van der Waals surface area contributed by atoms with Crippen molar-refractivity contribution in [1.82, 2.24) is 19.8 Å². The summed E-state index contributed by atoms with van der Waals surface area (Å²) < 4.78 is 1.83. The van der Waals surface area contributed by atoms with Gasteiger partial charge in [-0.2, -0.15) is 0 Å². The number of rotatable bonds is 5. The number of hydrogen-bond donors (Lipinski definition) is 1. The van der Waals surface area contributed by atoms with Crippen molar-refractivity contribution in [3.8, 4) is 0 Å². The average molecular weight is 222 g/mol. The Hall–Kier alpha value is -1.36. The second-order valence-corrected chi connectivity index (χ2v) is 4.48. The molecule has 88 valence electrons. The summed E-state index contributed by atoms with van der Waals surface area (Å²) in [5, 5.41) is 3.39. The van der Waals surface area contributed by atoms with Gasteiger partial charge in [-0.3, -0.25) is 4.79 Å². The second-order valence-electron chi connectivity index (χ2n) is 4.48. The van der Waals surface area contributed by atoms with Crippen molar-refractivity contribution in [3.05, 3.63) is 18.2 Å². The van der Waals surface area contributed by atoms with E-state index >= 15 is 0 Å². The monoisotopic (exact) mass is 222 g/mol. The van der Waals surface area contributed by atoms with Gasteiger partial charge in [-0.15, -0.1) is 0 Å². The Morgan fingerprint density at radius 2 is 2.38 bits per heavy atom. The first-order chi connectivity index (χ1) is 7.65. The van der Waals surface area contributed by atoms with Crippen LogP contribution in [0.5, 0.6) is 0 Å². The van der Waals surface area contributed by atoms with Gasteiger partial charge in [0.1, 0.15) is 6.54 Å². The molecule has 1 fully saturated rings. The molecule has 0 spiro atoms. The maximum atomic E-state index is 11.5. The van der Waals surface area contributed by atoms with Gasteiger partial charge in [0.05, 0.1) is 12.0 Å². The van der Waals surface area contributed by atoms with E-state index in [2.05, 4.69) is 10.3 Å². The van der Waals surface area contributed by atoms with Crippen LogP contribution in [0.2, 0.25) is 0 Å². The topological polar surface area (TPSA) is 50.2 Å². The fourth-order valence-electron chi connectivity index (χ4n) is 1.42. The third kappa shape index (κ3) is 3.06. The van der Waals surface area contributed by atoms with Gasteiger partial charge in [0, 0.05) is 32.9 Å². The predicted molar refractivity (Wildman–Crippen MR) is 60.8 cm³/mol. The fraction of sp³-hybridized carbons (Fsp3) is 0.636. The molecule has 0 bridgehead atoms. The smallest absolute Gasteiger partial charge is 0.242 e. The molecular formula is C11H18N4O. The number of likely N-dealkylation sites (N-methyl/N-ethyl adjacent to an activating group) is 1. The predicted octanol–water partition coefficient (Wildman–Crippen LogP) is 0.223. The van der Waals surface area contributed by atoms with Crippen LogP contribution in [0.25, 0.3) is 0 Å². The molecule has 0 unspecified atom stereocenters. The Balaban J connectivity index is 1.83. The van der Waals surface area contributed by atoms with Crippen LogP contribution in [-0.2, 0) is 17.9 Å². The number of nitrogens with one attached hydrogen (secondary N) is 1. The second kappa shape index (κ2) is 4.65. The van der Waals surface area contributed by atoms with Gasteiger partial charge in [-0.1, -0.05) is 0 Å². The summed E-state index contributed by atoms with van der Waals surface area (Å²) >= 11 is 0. The summed E-state index contributed by atoms with van der Waals surface area (Å²) in [4.78, 5) is 17.3. The number of imidazole rings is 1. The third-order valence-electron chi connectivity index (χ3n) is 2.65. The highest BCUT2D eigenvalue weighted by Gasteiger charge is 2.20. The number of carbonyl (C=O) groups excluding carboxylic acids is 1. The summed E-state index contributed by atoms with van der Waals surface area (Å²) in [6, 6.07) is 0.688. The highest BCUT2D eigenvalue weighted by molar-refractivity contribution is 5.75. The first-order valence-corrected chi connectivity index (χ1v) is 5.59. The van der Waals surface area contributed by atoms with Crippen LogP contribution < -0.4 is 5.32 Å². The van der Waals surface area contributed by atoms with Crippen molar-refractivity contribution in [2.45, 2.75) is 32.0 Å². The van der Waals surface area contributed by atoms with Crippen LogP contribution in [0.3, 0.4) is 0 Å². The zero-order valence-corrected chi connectivity index (χ0v) is 9.81. The van der Waals surface area contributed by atoms with Crippen LogP contribution in [0.1, 0.15) is 18.5 Å². The van der Waals surface area contributed by atoms with E-state index in [9.17, 15) is 4.79 Å². The lowest BCUT2D eigenvalue weighted by Gasteiger charge is -2.09. The van der Waals surface area contributed by atoms with E-state index in [0.717, 1.165) is 12.2 Å². The van der Waals surface area contributed by atoms with Crippen molar-refractivity contribution in [1.29, 1.82) is 0 Å². The third-order valence-corrected chi connectivity index (χ3v) is 2.65. The number of nitrogens with zero attached hydrogens (tertiary/aromatic N) is 3. The summed E-state index contributed by atoms with van der Waals surface area (Å²) in [6.07, 6.45) is 6.20. The van der Waals surface area contributed by atoms with Crippen LogP contribution in [0, 0.1) is 0 Å². The largest absolute Gasteiger partial charge is 0.347 e. The van der Waals surface area contributed by atoms with Crippen LogP contribution >= 0.6 is 0 Å². The molecule has 0 aromatic carbocycles.